The molecule has 23 heavy (non-hydrogen) atoms. The van der Waals surface area contributed by atoms with Gasteiger partial charge in [0.15, 0.2) is 10.9 Å². The lowest BCUT2D eigenvalue weighted by Gasteiger charge is -2.42. The van der Waals surface area contributed by atoms with E-state index in [9.17, 15) is 4.79 Å². The molecule has 1 aliphatic rings. The predicted octanol–water partition coefficient (Wildman–Crippen LogP) is 4.28. The van der Waals surface area contributed by atoms with Gasteiger partial charge in [-0.25, -0.2) is 4.98 Å². The van der Waals surface area contributed by atoms with Gasteiger partial charge in [0.05, 0.1) is 15.7 Å². The number of ether oxygens (including phenoxy) is 1. The van der Waals surface area contributed by atoms with Crippen molar-refractivity contribution in [1.82, 2.24) is 9.97 Å². The molecular formula is C15H13Cl2N3O2S. The van der Waals surface area contributed by atoms with E-state index >= 15 is 0 Å². The third kappa shape index (κ3) is 2.75. The molecule has 1 amide bonds. The van der Waals surface area contributed by atoms with Crippen LogP contribution in [0.4, 0.5) is 5.69 Å². The van der Waals surface area contributed by atoms with Crippen molar-refractivity contribution < 1.29 is 9.53 Å². The second-order valence-corrected chi connectivity index (χ2v) is 6.92. The van der Waals surface area contributed by atoms with Crippen molar-refractivity contribution in [3.8, 4) is 5.88 Å². The van der Waals surface area contributed by atoms with E-state index in [4.69, 9.17) is 27.9 Å². The van der Waals surface area contributed by atoms with Crippen molar-refractivity contribution in [2.24, 2.45) is 0 Å². The van der Waals surface area contributed by atoms with Gasteiger partial charge in [0.2, 0.25) is 5.88 Å². The Kier molecular flexibility index (Phi) is 4.16. The Hall–Kier alpha value is -1.50. The number of carbonyl (C=O) groups is 1. The first-order valence-corrected chi connectivity index (χ1v) is 8.72. The molecule has 0 N–H and O–H groups in total. The fraction of sp³-hybridized carbons (Fsp3) is 0.267. The minimum atomic E-state index is -0.997. The summed E-state index contributed by atoms with van der Waals surface area (Å²) in [6.07, 6.45) is 3.32. The Labute approximate surface area is 148 Å². The first-order valence-electron chi connectivity index (χ1n) is 6.74. The lowest BCUT2D eigenvalue weighted by Crippen LogP contribution is -2.55. The Morgan fingerprint density at radius 3 is 2.52 bits per heavy atom. The number of rotatable bonds is 2. The van der Waals surface area contributed by atoms with E-state index in [-0.39, 0.29) is 17.4 Å². The van der Waals surface area contributed by atoms with Crippen LogP contribution in [-0.2, 0) is 0 Å². The summed E-state index contributed by atoms with van der Waals surface area (Å²) in [5.74, 6) is -0.0438. The Bertz CT molecular complexity index is 778. The summed E-state index contributed by atoms with van der Waals surface area (Å²) >= 11 is 13.9. The highest BCUT2D eigenvalue weighted by molar-refractivity contribution is 7.98. The Morgan fingerprint density at radius 2 is 1.91 bits per heavy atom. The van der Waals surface area contributed by atoms with Crippen LogP contribution in [0, 0.1) is 0 Å². The molecule has 0 saturated heterocycles. The molecule has 3 rings (SSSR count). The molecule has 0 radical (unpaired) electrons. The average molecular weight is 370 g/mol. The third-order valence-electron chi connectivity index (χ3n) is 3.39. The molecule has 0 saturated carbocycles. The van der Waals surface area contributed by atoms with Crippen LogP contribution in [0.25, 0.3) is 0 Å². The van der Waals surface area contributed by atoms with Crippen molar-refractivity contribution in [2.45, 2.75) is 24.7 Å². The zero-order chi connectivity index (χ0) is 16.8. The minimum Gasteiger partial charge on any atom is -0.450 e. The molecule has 0 fully saturated rings. The van der Waals surface area contributed by atoms with Crippen LogP contribution in [0.2, 0.25) is 10.0 Å². The number of amides is 1. The van der Waals surface area contributed by atoms with E-state index in [0.717, 1.165) is 0 Å². The molecule has 1 aromatic carbocycles. The molecule has 5 nitrogen and oxygen atoms in total. The molecule has 1 aliphatic heterocycles. The summed E-state index contributed by atoms with van der Waals surface area (Å²) < 4.78 is 5.93. The largest absolute Gasteiger partial charge is 0.450 e. The van der Waals surface area contributed by atoms with Crippen LogP contribution in [0.15, 0.2) is 29.6 Å². The van der Waals surface area contributed by atoms with Gasteiger partial charge in [0.1, 0.15) is 5.56 Å². The summed E-state index contributed by atoms with van der Waals surface area (Å²) in [7, 11) is 0. The lowest BCUT2D eigenvalue weighted by molar-refractivity contribution is 0.0599. The summed E-state index contributed by atoms with van der Waals surface area (Å²) in [5, 5.41) is 1.27. The fourth-order valence-electron chi connectivity index (χ4n) is 2.39. The molecule has 0 spiro atoms. The number of nitrogens with zero attached hydrogens (tertiary/aromatic N) is 3. The normalized spacial score (nSPS) is 16.0. The van der Waals surface area contributed by atoms with Crippen LogP contribution in [0.3, 0.4) is 0 Å². The van der Waals surface area contributed by atoms with Crippen LogP contribution >= 0.6 is 35.0 Å². The standard InChI is InChI=1S/C15H13Cl2N3O2S/c1-15(2)20(11-9(16)5-4-6-10(11)17)13(21)8-7-18-14(23-3)19-12(8)22-15/h4-7H,1-3H3. The summed E-state index contributed by atoms with van der Waals surface area (Å²) in [4.78, 5) is 22.8. The molecule has 0 unspecified atom stereocenters. The molecule has 120 valence electrons. The van der Waals surface area contributed by atoms with Gasteiger partial charge in [-0.05, 0) is 32.2 Å². The highest BCUT2D eigenvalue weighted by Crippen LogP contribution is 2.42. The molecular weight excluding hydrogens is 357 g/mol. The zero-order valence-corrected chi connectivity index (χ0v) is 15.0. The Morgan fingerprint density at radius 1 is 1.26 bits per heavy atom. The quantitative estimate of drug-likeness (QED) is 0.583. The second-order valence-electron chi connectivity index (χ2n) is 5.34. The maximum absolute atomic E-state index is 13.0. The van der Waals surface area contributed by atoms with E-state index in [1.165, 1.54) is 22.9 Å². The van der Waals surface area contributed by atoms with Crippen molar-refractivity contribution in [3.63, 3.8) is 0 Å². The van der Waals surface area contributed by atoms with Crippen LogP contribution < -0.4 is 9.64 Å². The number of anilines is 1. The fourth-order valence-corrected chi connectivity index (χ4v) is 3.29. The highest BCUT2D eigenvalue weighted by Gasteiger charge is 2.43. The summed E-state index contributed by atoms with van der Waals surface area (Å²) in [6.45, 7) is 3.52. The van der Waals surface area contributed by atoms with Crippen molar-refractivity contribution in [1.29, 1.82) is 0 Å². The zero-order valence-electron chi connectivity index (χ0n) is 12.6. The molecule has 1 aromatic heterocycles. The Balaban J connectivity index is 2.17. The van der Waals surface area contributed by atoms with Gasteiger partial charge in [0.25, 0.3) is 5.91 Å². The van der Waals surface area contributed by atoms with Crippen LogP contribution in [0.1, 0.15) is 24.2 Å². The van der Waals surface area contributed by atoms with E-state index in [2.05, 4.69) is 9.97 Å². The van der Waals surface area contributed by atoms with Crippen molar-refractivity contribution in [2.75, 3.05) is 11.2 Å². The molecule has 0 bridgehead atoms. The maximum atomic E-state index is 13.0. The lowest BCUT2D eigenvalue weighted by atomic mass is 10.1. The predicted molar refractivity (Wildman–Crippen MR) is 91.8 cm³/mol. The number of halogens is 2. The number of benzene rings is 1. The highest BCUT2D eigenvalue weighted by atomic mass is 35.5. The monoisotopic (exact) mass is 369 g/mol. The molecule has 8 heteroatoms. The molecule has 2 heterocycles. The molecule has 0 aliphatic carbocycles. The van der Waals surface area contributed by atoms with Gasteiger partial charge in [-0.1, -0.05) is 41.0 Å². The van der Waals surface area contributed by atoms with E-state index in [0.29, 0.717) is 20.9 Å². The number of aromatic nitrogens is 2. The maximum Gasteiger partial charge on any atom is 0.268 e. The number of thioether (sulfide) groups is 1. The van der Waals surface area contributed by atoms with Gasteiger partial charge < -0.3 is 4.74 Å². The first-order chi connectivity index (χ1) is 10.8. The van der Waals surface area contributed by atoms with Gasteiger partial charge in [-0.15, -0.1) is 0 Å². The number of fused-ring (bicyclic) bond motifs is 1. The molecule has 2 aromatic rings. The smallest absolute Gasteiger partial charge is 0.268 e. The number of carbonyl (C=O) groups excluding carboxylic acids is 1. The molecule has 0 atom stereocenters. The van der Waals surface area contributed by atoms with Crippen molar-refractivity contribution in [3.05, 3.63) is 40.0 Å². The summed E-state index contributed by atoms with van der Waals surface area (Å²) in [5.41, 5.74) is -0.313. The van der Waals surface area contributed by atoms with E-state index in [1.54, 1.807) is 32.0 Å². The van der Waals surface area contributed by atoms with Gasteiger partial charge in [0, 0.05) is 6.20 Å². The third-order valence-corrected chi connectivity index (χ3v) is 4.57. The SMILES string of the molecule is CSc1ncc2c(n1)OC(C)(C)N(c1c(Cl)cccc1Cl)C2=O. The van der Waals surface area contributed by atoms with E-state index < -0.39 is 5.72 Å². The van der Waals surface area contributed by atoms with Crippen molar-refractivity contribution >= 4 is 46.6 Å². The minimum absolute atomic E-state index is 0.263. The van der Waals surface area contributed by atoms with Crippen LogP contribution in [-0.4, -0.2) is 27.9 Å². The van der Waals surface area contributed by atoms with E-state index in [1.807, 2.05) is 6.26 Å². The number of hydrogen-bond acceptors (Lipinski definition) is 5. The summed E-state index contributed by atoms with van der Waals surface area (Å²) in [6, 6.07) is 5.07. The average Bonchev–Trinajstić information content (AvgIpc) is 2.48. The first kappa shape index (κ1) is 16.4. The topological polar surface area (TPSA) is 55.3 Å². The number of para-hydroxylation sites is 1. The van der Waals surface area contributed by atoms with Gasteiger partial charge in [-0.2, -0.15) is 4.98 Å². The van der Waals surface area contributed by atoms with Crippen LogP contribution in [0.5, 0.6) is 5.88 Å². The number of hydrogen-bond donors (Lipinski definition) is 0. The van der Waals surface area contributed by atoms with Gasteiger partial charge in [-0.3, -0.25) is 9.69 Å². The second kappa shape index (κ2) is 5.85. The van der Waals surface area contributed by atoms with Gasteiger partial charge >= 0.3 is 0 Å².